The molecule has 10 N–H and O–H groups in total. The molecule has 2 aromatic rings. The number of primary amides is 1. The molecule has 13 nitrogen and oxygen atoms in total. The van der Waals surface area contributed by atoms with Gasteiger partial charge in [-0.3, -0.25) is 19.2 Å². The molecular weight excluding hydrogens is 528 g/mol. The molecule has 0 radical (unpaired) electrons. The summed E-state index contributed by atoms with van der Waals surface area (Å²) in [6.07, 6.45) is 2.11. The average molecular weight is 565 g/mol. The normalized spacial score (nSPS) is 15.0. The van der Waals surface area contributed by atoms with Gasteiger partial charge in [0.1, 0.15) is 18.1 Å². The molecule has 0 aliphatic carbocycles. The second-order valence-electron chi connectivity index (χ2n) is 9.14. The number of aromatic nitrogens is 1. The van der Waals surface area contributed by atoms with Gasteiger partial charge >= 0.3 is 5.97 Å². The number of nitrogens with one attached hydrogen (secondary N) is 4. The Balaban J connectivity index is 2.13. The maximum absolute atomic E-state index is 13.1. The zero-order chi connectivity index (χ0) is 29.1. The SMILES string of the molecule is CSCCC(NC(=O)C(NC(=O)C(N)CCC(N)=O)C(C)O)C(=O)NC(Cc1c[nH]c2ccccc12)C(=O)O. The minimum absolute atomic E-state index is 0.00380. The molecule has 214 valence electrons. The van der Waals surface area contributed by atoms with E-state index in [1.165, 1.54) is 18.7 Å². The van der Waals surface area contributed by atoms with Crippen LogP contribution in [0, 0.1) is 0 Å². The largest absolute Gasteiger partial charge is 0.480 e. The predicted molar refractivity (Wildman–Crippen MR) is 147 cm³/mol. The van der Waals surface area contributed by atoms with Gasteiger partial charge in [-0.25, -0.2) is 4.79 Å². The number of H-pyrrole nitrogens is 1. The summed E-state index contributed by atoms with van der Waals surface area (Å²) in [6, 6.07) is 2.33. The fraction of sp³-hybridized carbons (Fsp3) is 0.480. The lowest BCUT2D eigenvalue weighted by Gasteiger charge is -2.26. The van der Waals surface area contributed by atoms with Crippen molar-refractivity contribution in [1.82, 2.24) is 20.9 Å². The van der Waals surface area contributed by atoms with Crippen molar-refractivity contribution < 1.29 is 34.2 Å². The Morgan fingerprint density at radius 1 is 1.00 bits per heavy atom. The van der Waals surface area contributed by atoms with E-state index in [-0.39, 0.29) is 25.7 Å². The molecule has 0 saturated carbocycles. The van der Waals surface area contributed by atoms with Crippen molar-refractivity contribution in [3.05, 3.63) is 36.0 Å². The van der Waals surface area contributed by atoms with E-state index in [4.69, 9.17) is 11.5 Å². The molecule has 39 heavy (non-hydrogen) atoms. The maximum Gasteiger partial charge on any atom is 0.326 e. The monoisotopic (exact) mass is 564 g/mol. The van der Waals surface area contributed by atoms with Crippen LogP contribution in [-0.4, -0.2) is 87.1 Å². The van der Waals surface area contributed by atoms with Crippen molar-refractivity contribution in [1.29, 1.82) is 0 Å². The lowest BCUT2D eigenvalue weighted by atomic mass is 10.0. The van der Waals surface area contributed by atoms with E-state index >= 15 is 0 Å². The first kappa shape index (κ1) is 31.6. The number of nitrogens with two attached hydrogens (primary N) is 2. The van der Waals surface area contributed by atoms with E-state index in [9.17, 15) is 34.2 Å². The number of carbonyl (C=O) groups is 5. The van der Waals surface area contributed by atoms with E-state index in [0.29, 0.717) is 11.3 Å². The van der Waals surface area contributed by atoms with E-state index in [0.717, 1.165) is 10.9 Å². The number of rotatable bonds is 16. The summed E-state index contributed by atoms with van der Waals surface area (Å²) in [4.78, 5) is 64.6. The lowest BCUT2D eigenvalue weighted by molar-refractivity contribution is -0.142. The number of fused-ring (bicyclic) bond motifs is 1. The summed E-state index contributed by atoms with van der Waals surface area (Å²) in [7, 11) is 0. The highest BCUT2D eigenvalue weighted by atomic mass is 32.2. The Labute approximate surface area is 229 Å². The number of para-hydroxylation sites is 1. The number of benzene rings is 1. The third-order valence-corrected chi connectivity index (χ3v) is 6.70. The van der Waals surface area contributed by atoms with Crippen molar-refractivity contribution in [2.24, 2.45) is 11.5 Å². The van der Waals surface area contributed by atoms with Crippen molar-refractivity contribution in [3.8, 4) is 0 Å². The zero-order valence-corrected chi connectivity index (χ0v) is 22.6. The number of aliphatic carboxylic acids is 1. The molecule has 5 atom stereocenters. The molecule has 0 aliphatic rings. The zero-order valence-electron chi connectivity index (χ0n) is 21.8. The number of aromatic amines is 1. The second kappa shape index (κ2) is 15.1. The van der Waals surface area contributed by atoms with E-state index in [1.54, 1.807) is 12.5 Å². The molecule has 0 bridgehead atoms. The standard InChI is InChI=1S/C25H36N6O7S/c1-13(32)21(31-22(34)16(26)7-8-20(27)33)24(36)29-18(9-10-39-2)23(35)30-19(25(37)38)11-14-12-28-17-6-4-3-5-15(14)17/h3-6,12-13,16,18-19,21,28,32H,7-11,26H2,1-2H3,(H2,27,33)(H,29,36)(H,30,35)(H,31,34)(H,37,38). The molecule has 0 spiro atoms. The number of carboxylic acids is 1. The summed E-state index contributed by atoms with van der Waals surface area (Å²) in [5.41, 5.74) is 12.3. The topological polar surface area (TPSA) is 230 Å². The smallest absolute Gasteiger partial charge is 0.326 e. The van der Waals surface area contributed by atoms with Gasteiger partial charge in [0.25, 0.3) is 0 Å². The van der Waals surface area contributed by atoms with Gasteiger partial charge in [0.05, 0.1) is 12.1 Å². The fourth-order valence-corrected chi connectivity index (χ4v) is 4.32. The number of aliphatic hydroxyl groups is 1. The van der Waals surface area contributed by atoms with Crippen LogP contribution in [-0.2, 0) is 30.4 Å². The van der Waals surface area contributed by atoms with Crippen molar-refractivity contribution in [3.63, 3.8) is 0 Å². The van der Waals surface area contributed by atoms with Crippen LogP contribution >= 0.6 is 11.8 Å². The summed E-state index contributed by atoms with van der Waals surface area (Å²) in [5.74, 6) is -3.80. The molecule has 2 rings (SSSR count). The second-order valence-corrected chi connectivity index (χ2v) is 10.1. The van der Waals surface area contributed by atoms with Crippen molar-refractivity contribution in [2.45, 2.75) is 62.9 Å². The fourth-order valence-electron chi connectivity index (χ4n) is 3.85. The Morgan fingerprint density at radius 2 is 1.67 bits per heavy atom. The number of carbonyl (C=O) groups excluding carboxylic acids is 4. The minimum atomic E-state index is -1.46. The van der Waals surface area contributed by atoms with Gasteiger partial charge in [-0.1, -0.05) is 18.2 Å². The van der Waals surface area contributed by atoms with Crippen LogP contribution in [0.1, 0.15) is 31.7 Å². The minimum Gasteiger partial charge on any atom is -0.480 e. The Bertz CT molecular complexity index is 1170. The average Bonchev–Trinajstić information content (AvgIpc) is 3.29. The number of hydrogen-bond acceptors (Lipinski definition) is 8. The number of amides is 4. The van der Waals surface area contributed by atoms with E-state index in [1.807, 2.05) is 24.3 Å². The highest BCUT2D eigenvalue weighted by Crippen LogP contribution is 2.19. The summed E-state index contributed by atoms with van der Waals surface area (Å²) in [6.45, 7) is 1.28. The molecule has 1 aromatic carbocycles. The maximum atomic E-state index is 13.1. The summed E-state index contributed by atoms with van der Waals surface area (Å²) < 4.78 is 0. The molecule has 1 heterocycles. The summed E-state index contributed by atoms with van der Waals surface area (Å²) in [5, 5.41) is 28.1. The molecule has 4 amide bonds. The van der Waals surface area contributed by atoms with Crippen LogP contribution in [0.5, 0.6) is 0 Å². The lowest BCUT2D eigenvalue weighted by Crippen LogP contribution is -2.60. The van der Waals surface area contributed by atoms with Crippen molar-refractivity contribution >= 4 is 52.3 Å². The molecule has 5 unspecified atom stereocenters. The molecule has 0 aliphatic heterocycles. The quantitative estimate of drug-likeness (QED) is 0.124. The number of hydrogen-bond donors (Lipinski definition) is 8. The molecular formula is C25H36N6O7S. The first-order valence-corrected chi connectivity index (χ1v) is 13.7. The van der Waals surface area contributed by atoms with Crippen LogP contribution in [0.15, 0.2) is 30.5 Å². The number of aliphatic hydroxyl groups excluding tert-OH is 1. The van der Waals surface area contributed by atoms with Gasteiger partial charge in [-0.05, 0) is 43.4 Å². The Morgan fingerprint density at radius 3 is 2.28 bits per heavy atom. The van der Waals surface area contributed by atoms with Gasteiger partial charge in [-0.15, -0.1) is 0 Å². The van der Waals surface area contributed by atoms with Gasteiger partial charge in [0, 0.05) is 29.9 Å². The van der Waals surface area contributed by atoms with Gasteiger partial charge in [0.2, 0.25) is 23.6 Å². The third kappa shape index (κ3) is 9.57. The predicted octanol–water partition coefficient (Wildman–Crippen LogP) is -1.02. The van der Waals surface area contributed by atoms with Crippen LogP contribution in [0.3, 0.4) is 0 Å². The van der Waals surface area contributed by atoms with Crippen LogP contribution < -0.4 is 27.4 Å². The first-order valence-electron chi connectivity index (χ1n) is 12.3. The van der Waals surface area contributed by atoms with Gasteiger partial charge < -0.3 is 42.6 Å². The van der Waals surface area contributed by atoms with Gasteiger partial charge in [-0.2, -0.15) is 11.8 Å². The molecule has 14 heteroatoms. The third-order valence-electron chi connectivity index (χ3n) is 6.06. The van der Waals surface area contributed by atoms with Gasteiger partial charge in [0.15, 0.2) is 0 Å². The number of thioether (sulfide) groups is 1. The first-order chi connectivity index (χ1) is 18.4. The Hall–Kier alpha value is -3.62. The highest BCUT2D eigenvalue weighted by Gasteiger charge is 2.32. The van der Waals surface area contributed by atoms with Crippen molar-refractivity contribution in [2.75, 3.05) is 12.0 Å². The van der Waals surface area contributed by atoms with Crippen LogP contribution in [0.4, 0.5) is 0 Å². The molecule has 0 fully saturated rings. The molecule has 1 aromatic heterocycles. The number of carboxylic acid groups (broad SMARTS) is 1. The molecule has 0 saturated heterocycles. The van der Waals surface area contributed by atoms with Crippen LogP contribution in [0.2, 0.25) is 0 Å². The van der Waals surface area contributed by atoms with E-state index < -0.39 is 59.9 Å². The Kier molecular flexibility index (Phi) is 12.2. The van der Waals surface area contributed by atoms with E-state index in [2.05, 4.69) is 20.9 Å². The van der Waals surface area contributed by atoms with Crippen LogP contribution in [0.25, 0.3) is 10.9 Å². The highest BCUT2D eigenvalue weighted by molar-refractivity contribution is 7.98. The summed E-state index contributed by atoms with van der Waals surface area (Å²) >= 11 is 1.42.